The molecule has 5 rings (SSSR count). The maximum absolute atomic E-state index is 15.0. The minimum atomic E-state index is -4.90. The lowest BCUT2D eigenvalue weighted by Gasteiger charge is -2.14. The molecular weight excluding hydrogens is 546 g/mol. The van der Waals surface area contributed by atoms with Crippen LogP contribution in [-0.2, 0) is 19.8 Å². The summed E-state index contributed by atoms with van der Waals surface area (Å²) in [5.41, 5.74) is -1.31. The summed E-state index contributed by atoms with van der Waals surface area (Å²) in [6.45, 7) is 1.84. The number of nitrogens with one attached hydrogen (secondary N) is 3. The second kappa shape index (κ2) is 10.7. The standard InChI is InChI=1S/C26H21F4N9O2/c1-14-8-23(35-34-14)39-22(11-21(37-39)25(41)32-13-15-4-3-6-31-12-15)33-24(40)17-9-16(20-5-7-38(2)36-20)18(10-19(17)27)26(28,29)30/h3-12H,13H2,1-2H3,(H,32,41)(H,33,40)(H,34,35). The highest BCUT2D eigenvalue weighted by molar-refractivity contribution is 6.05. The molecule has 4 heterocycles. The van der Waals surface area contributed by atoms with Crippen LogP contribution >= 0.6 is 0 Å². The zero-order valence-electron chi connectivity index (χ0n) is 21.5. The van der Waals surface area contributed by atoms with Crippen LogP contribution in [0.2, 0.25) is 0 Å². The van der Waals surface area contributed by atoms with Crippen molar-refractivity contribution in [2.24, 2.45) is 7.05 Å². The van der Waals surface area contributed by atoms with E-state index in [4.69, 9.17) is 0 Å². The van der Waals surface area contributed by atoms with Gasteiger partial charge in [-0.15, -0.1) is 0 Å². The number of aryl methyl sites for hydroxylation is 2. The molecule has 0 aliphatic carbocycles. The monoisotopic (exact) mass is 567 g/mol. The maximum Gasteiger partial charge on any atom is 0.417 e. The molecule has 0 saturated heterocycles. The van der Waals surface area contributed by atoms with Gasteiger partial charge in [0.15, 0.2) is 11.5 Å². The first-order chi connectivity index (χ1) is 19.5. The number of alkyl halides is 3. The summed E-state index contributed by atoms with van der Waals surface area (Å²) in [4.78, 5) is 30.1. The Morgan fingerprint density at radius 1 is 1.07 bits per heavy atom. The van der Waals surface area contributed by atoms with E-state index in [0.29, 0.717) is 5.69 Å². The number of aromatic nitrogens is 7. The van der Waals surface area contributed by atoms with Gasteiger partial charge in [-0.05, 0) is 36.8 Å². The largest absolute Gasteiger partial charge is 0.417 e. The van der Waals surface area contributed by atoms with E-state index >= 15 is 0 Å². The molecule has 0 spiro atoms. The highest BCUT2D eigenvalue weighted by Gasteiger charge is 2.36. The first kappa shape index (κ1) is 27.2. The Balaban J connectivity index is 1.49. The van der Waals surface area contributed by atoms with Crippen LogP contribution in [0.3, 0.4) is 0 Å². The Morgan fingerprint density at radius 3 is 2.51 bits per heavy atom. The predicted molar refractivity (Wildman–Crippen MR) is 137 cm³/mol. The zero-order chi connectivity index (χ0) is 29.3. The van der Waals surface area contributed by atoms with Crippen LogP contribution in [0.4, 0.5) is 23.4 Å². The average molecular weight is 568 g/mol. The van der Waals surface area contributed by atoms with E-state index in [1.54, 1.807) is 37.5 Å². The van der Waals surface area contributed by atoms with Crippen LogP contribution < -0.4 is 10.6 Å². The molecule has 210 valence electrons. The van der Waals surface area contributed by atoms with Crippen LogP contribution in [0.15, 0.2) is 61.1 Å². The van der Waals surface area contributed by atoms with Gasteiger partial charge in [0.1, 0.15) is 11.6 Å². The molecule has 5 aromatic rings. The number of benzene rings is 1. The summed E-state index contributed by atoms with van der Waals surface area (Å²) in [6, 6.07) is 8.67. The molecule has 0 unspecified atom stereocenters. The van der Waals surface area contributed by atoms with Crippen LogP contribution in [0.25, 0.3) is 17.1 Å². The first-order valence-corrected chi connectivity index (χ1v) is 12.0. The van der Waals surface area contributed by atoms with Gasteiger partial charge in [-0.3, -0.25) is 24.4 Å². The van der Waals surface area contributed by atoms with Gasteiger partial charge in [-0.1, -0.05) is 6.07 Å². The highest BCUT2D eigenvalue weighted by atomic mass is 19.4. The first-order valence-electron chi connectivity index (χ1n) is 12.0. The Labute approximate surface area is 229 Å². The van der Waals surface area contributed by atoms with E-state index in [9.17, 15) is 27.2 Å². The Hall–Kier alpha value is -5.34. The highest BCUT2D eigenvalue weighted by Crippen LogP contribution is 2.38. The molecule has 0 fully saturated rings. The van der Waals surface area contributed by atoms with Gasteiger partial charge >= 0.3 is 6.18 Å². The minimum Gasteiger partial charge on any atom is -0.347 e. The Kier molecular flexibility index (Phi) is 7.09. The molecule has 11 nitrogen and oxygen atoms in total. The number of H-pyrrole nitrogens is 1. The van der Waals surface area contributed by atoms with Crippen molar-refractivity contribution in [3.63, 3.8) is 0 Å². The van der Waals surface area contributed by atoms with Crippen molar-refractivity contribution < 1.29 is 27.2 Å². The second-order valence-electron chi connectivity index (χ2n) is 8.97. The van der Waals surface area contributed by atoms with Crippen molar-refractivity contribution in [1.29, 1.82) is 0 Å². The van der Waals surface area contributed by atoms with Gasteiger partial charge in [0.25, 0.3) is 11.8 Å². The van der Waals surface area contributed by atoms with E-state index < -0.39 is 40.5 Å². The van der Waals surface area contributed by atoms with Crippen LogP contribution in [0, 0.1) is 12.7 Å². The molecule has 0 atom stereocenters. The van der Waals surface area contributed by atoms with E-state index in [-0.39, 0.29) is 35.6 Å². The minimum absolute atomic E-state index is 0.0659. The SMILES string of the molecule is Cc1cc(-n2nc(C(=O)NCc3cccnc3)cc2NC(=O)c2cc(-c3ccn(C)n3)c(C(F)(F)F)cc2F)[nH]n1. The van der Waals surface area contributed by atoms with Gasteiger partial charge in [-0.25, -0.2) is 4.39 Å². The van der Waals surface area contributed by atoms with Gasteiger partial charge in [0.2, 0.25) is 0 Å². The number of hydrogen-bond donors (Lipinski definition) is 3. The number of carbonyl (C=O) groups is 2. The molecule has 4 aromatic heterocycles. The third-order valence-electron chi connectivity index (χ3n) is 5.93. The summed E-state index contributed by atoms with van der Waals surface area (Å²) in [7, 11) is 1.51. The number of amides is 2. The zero-order valence-corrected chi connectivity index (χ0v) is 21.5. The molecule has 2 amide bonds. The molecule has 3 N–H and O–H groups in total. The van der Waals surface area contributed by atoms with Gasteiger partial charge in [0, 0.05) is 49.9 Å². The number of anilines is 1. The number of halogens is 4. The van der Waals surface area contributed by atoms with Crippen molar-refractivity contribution in [3.8, 4) is 17.1 Å². The lowest BCUT2D eigenvalue weighted by Crippen LogP contribution is -2.23. The third kappa shape index (κ3) is 5.83. The van der Waals surface area contributed by atoms with E-state index in [1.165, 1.54) is 34.7 Å². The molecule has 0 bridgehead atoms. The molecule has 0 aliphatic heterocycles. The third-order valence-corrected chi connectivity index (χ3v) is 5.93. The van der Waals surface area contributed by atoms with E-state index in [1.807, 2.05) is 0 Å². The van der Waals surface area contributed by atoms with Crippen molar-refractivity contribution in [1.82, 2.24) is 40.1 Å². The predicted octanol–water partition coefficient (Wildman–Crippen LogP) is 4.04. The lowest BCUT2D eigenvalue weighted by molar-refractivity contribution is -0.137. The number of pyridine rings is 1. The topological polar surface area (TPSA) is 135 Å². The fraction of sp³-hybridized carbons (Fsp3) is 0.154. The van der Waals surface area contributed by atoms with Gasteiger partial charge in [-0.2, -0.15) is 33.1 Å². The van der Waals surface area contributed by atoms with Gasteiger partial charge in [0.05, 0.1) is 22.5 Å². The lowest BCUT2D eigenvalue weighted by atomic mass is 9.99. The summed E-state index contributed by atoms with van der Waals surface area (Å²) in [5.74, 6) is -2.85. The number of carbonyl (C=O) groups excluding carboxylic acids is 2. The van der Waals surface area contributed by atoms with Crippen LogP contribution in [0.5, 0.6) is 0 Å². The maximum atomic E-state index is 15.0. The van der Waals surface area contributed by atoms with Crippen LogP contribution in [0.1, 0.15) is 37.7 Å². The second-order valence-corrected chi connectivity index (χ2v) is 8.97. The summed E-state index contributed by atoms with van der Waals surface area (Å²) >= 11 is 0. The van der Waals surface area contributed by atoms with Crippen molar-refractivity contribution in [2.75, 3.05) is 5.32 Å². The number of hydrogen-bond acceptors (Lipinski definition) is 6. The summed E-state index contributed by atoms with van der Waals surface area (Å²) in [6.07, 6.45) is -0.314. The number of rotatable bonds is 7. The van der Waals surface area contributed by atoms with E-state index in [2.05, 4.69) is 36.0 Å². The molecule has 0 radical (unpaired) electrons. The fourth-order valence-electron chi connectivity index (χ4n) is 3.99. The molecule has 1 aromatic carbocycles. The van der Waals surface area contributed by atoms with Crippen molar-refractivity contribution in [3.05, 3.63) is 95.0 Å². The normalized spacial score (nSPS) is 11.5. The fourth-order valence-corrected chi connectivity index (χ4v) is 3.99. The number of aromatic amines is 1. The molecule has 15 heteroatoms. The molecule has 0 aliphatic rings. The van der Waals surface area contributed by atoms with Crippen molar-refractivity contribution in [2.45, 2.75) is 19.6 Å². The molecule has 41 heavy (non-hydrogen) atoms. The van der Waals surface area contributed by atoms with Crippen LogP contribution in [-0.4, -0.2) is 46.6 Å². The molecule has 0 saturated carbocycles. The molecular formula is C26H21F4N9O2. The van der Waals surface area contributed by atoms with E-state index in [0.717, 1.165) is 11.6 Å². The Bertz CT molecular complexity index is 1740. The number of nitrogens with zero attached hydrogens (tertiary/aromatic N) is 6. The van der Waals surface area contributed by atoms with Gasteiger partial charge < -0.3 is 10.6 Å². The summed E-state index contributed by atoms with van der Waals surface area (Å²) in [5, 5.41) is 20.1. The Morgan fingerprint density at radius 2 is 1.88 bits per heavy atom. The van der Waals surface area contributed by atoms with Crippen molar-refractivity contribution >= 4 is 17.6 Å². The average Bonchev–Trinajstić information content (AvgIpc) is 3.67. The quantitative estimate of drug-likeness (QED) is 0.254. The summed E-state index contributed by atoms with van der Waals surface area (Å²) < 4.78 is 58.6. The smallest absolute Gasteiger partial charge is 0.347 e.